The van der Waals surface area contributed by atoms with Gasteiger partial charge in [0.1, 0.15) is 11.4 Å². The largest absolute Gasteiger partial charge is 0.497 e. The third kappa shape index (κ3) is 4.11. The van der Waals surface area contributed by atoms with Gasteiger partial charge in [-0.25, -0.2) is 0 Å². The summed E-state index contributed by atoms with van der Waals surface area (Å²) >= 11 is 3.29. The molecule has 7 heteroatoms. The van der Waals surface area contributed by atoms with Gasteiger partial charge in [-0.2, -0.15) is 0 Å². The molecule has 1 heterocycles. The Balaban J connectivity index is 1.87. The van der Waals surface area contributed by atoms with E-state index in [4.69, 9.17) is 4.74 Å². The van der Waals surface area contributed by atoms with E-state index in [1.54, 1.807) is 55.3 Å². The topological polar surface area (TPSA) is 72.4 Å². The second-order valence-electron chi connectivity index (χ2n) is 4.68. The number of aromatic nitrogens is 1. The third-order valence-corrected chi connectivity index (χ3v) is 3.48. The Kier molecular flexibility index (Phi) is 5.21. The summed E-state index contributed by atoms with van der Waals surface area (Å²) in [7, 11) is 3.33. The predicted molar refractivity (Wildman–Crippen MR) is 85.4 cm³/mol. The van der Waals surface area contributed by atoms with Crippen molar-refractivity contribution < 1.29 is 14.3 Å². The number of hydrazine groups is 1. The Morgan fingerprint density at radius 2 is 1.91 bits per heavy atom. The van der Waals surface area contributed by atoms with Crippen LogP contribution in [0, 0.1) is 0 Å². The highest BCUT2D eigenvalue weighted by molar-refractivity contribution is 9.10. The van der Waals surface area contributed by atoms with Crippen LogP contribution in [0.1, 0.15) is 16.1 Å². The number of hydrogen-bond donors (Lipinski definition) is 2. The monoisotopic (exact) mass is 365 g/mol. The van der Waals surface area contributed by atoms with Crippen LogP contribution in [0.2, 0.25) is 0 Å². The lowest BCUT2D eigenvalue weighted by Gasteiger charge is -2.08. The minimum absolute atomic E-state index is 0.168. The zero-order valence-corrected chi connectivity index (χ0v) is 13.8. The predicted octanol–water partition coefficient (Wildman–Crippen LogP) is 1.80. The van der Waals surface area contributed by atoms with Gasteiger partial charge in [-0.05, 0) is 39.7 Å². The molecule has 22 heavy (non-hydrogen) atoms. The highest BCUT2D eigenvalue weighted by Gasteiger charge is 2.12. The number of amides is 2. The van der Waals surface area contributed by atoms with Crippen LogP contribution in [-0.4, -0.2) is 23.5 Å². The summed E-state index contributed by atoms with van der Waals surface area (Å²) in [6.45, 7) is 0. The van der Waals surface area contributed by atoms with Gasteiger partial charge in [0.15, 0.2) is 0 Å². The van der Waals surface area contributed by atoms with Crippen LogP contribution >= 0.6 is 15.9 Å². The molecule has 0 aliphatic heterocycles. The Morgan fingerprint density at radius 1 is 1.23 bits per heavy atom. The molecule has 0 radical (unpaired) electrons. The van der Waals surface area contributed by atoms with Crippen LogP contribution in [0.5, 0.6) is 5.75 Å². The number of nitrogens with one attached hydrogen (secondary N) is 2. The van der Waals surface area contributed by atoms with Gasteiger partial charge in [0.25, 0.3) is 5.91 Å². The maximum atomic E-state index is 11.9. The van der Waals surface area contributed by atoms with E-state index in [2.05, 4.69) is 26.8 Å². The number of rotatable bonds is 4. The third-order valence-electron chi connectivity index (χ3n) is 3.04. The molecular formula is C15H16BrN3O3. The second kappa shape index (κ2) is 7.13. The normalized spacial score (nSPS) is 10.1. The fourth-order valence-electron chi connectivity index (χ4n) is 1.91. The van der Waals surface area contributed by atoms with Crippen LogP contribution in [-0.2, 0) is 18.3 Å². The second-order valence-corrected chi connectivity index (χ2v) is 5.60. The van der Waals surface area contributed by atoms with Crippen molar-refractivity contribution in [1.29, 1.82) is 0 Å². The minimum Gasteiger partial charge on any atom is -0.497 e. The van der Waals surface area contributed by atoms with Crippen LogP contribution in [0.3, 0.4) is 0 Å². The van der Waals surface area contributed by atoms with Gasteiger partial charge in [-0.1, -0.05) is 12.1 Å². The summed E-state index contributed by atoms with van der Waals surface area (Å²) in [5, 5.41) is 0. The number of aryl methyl sites for hydroxylation is 1. The maximum Gasteiger partial charge on any atom is 0.286 e. The van der Waals surface area contributed by atoms with Crippen LogP contribution in [0.4, 0.5) is 0 Å². The molecule has 1 aromatic carbocycles. The van der Waals surface area contributed by atoms with E-state index in [0.29, 0.717) is 5.69 Å². The molecule has 116 valence electrons. The zero-order valence-electron chi connectivity index (χ0n) is 12.2. The molecule has 0 saturated carbocycles. The molecule has 0 aliphatic rings. The number of carbonyl (C=O) groups is 2. The van der Waals surface area contributed by atoms with Crippen molar-refractivity contribution in [2.75, 3.05) is 7.11 Å². The molecule has 0 atom stereocenters. The summed E-state index contributed by atoms with van der Waals surface area (Å²) in [6.07, 6.45) is 1.93. The Morgan fingerprint density at radius 3 is 2.45 bits per heavy atom. The summed E-state index contributed by atoms with van der Waals surface area (Å²) < 4.78 is 7.51. The fourth-order valence-corrected chi connectivity index (χ4v) is 2.44. The maximum absolute atomic E-state index is 11.9. The van der Waals surface area contributed by atoms with E-state index < -0.39 is 0 Å². The molecule has 2 N–H and O–H groups in total. The summed E-state index contributed by atoms with van der Waals surface area (Å²) in [5.74, 6) is 0.0508. The summed E-state index contributed by atoms with van der Waals surface area (Å²) in [4.78, 5) is 23.8. The van der Waals surface area contributed by atoms with Crippen molar-refractivity contribution in [2.24, 2.45) is 7.05 Å². The first-order valence-corrected chi connectivity index (χ1v) is 7.33. The molecule has 0 spiro atoms. The molecule has 0 bridgehead atoms. The number of ether oxygens (including phenoxy) is 1. The lowest BCUT2D eigenvalue weighted by molar-refractivity contribution is -0.121. The van der Waals surface area contributed by atoms with Crippen molar-refractivity contribution in [2.45, 2.75) is 6.42 Å². The van der Waals surface area contributed by atoms with Crippen molar-refractivity contribution in [3.8, 4) is 5.75 Å². The van der Waals surface area contributed by atoms with E-state index in [-0.39, 0.29) is 18.2 Å². The molecule has 0 unspecified atom stereocenters. The first-order chi connectivity index (χ1) is 10.5. The average Bonchev–Trinajstić information content (AvgIpc) is 2.84. The van der Waals surface area contributed by atoms with Gasteiger partial charge in [-0.15, -0.1) is 0 Å². The number of carbonyl (C=O) groups excluding carboxylic acids is 2. The average molecular weight is 366 g/mol. The number of benzene rings is 1. The van der Waals surface area contributed by atoms with Gasteiger partial charge in [0.05, 0.1) is 13.5 Å². The molecule has 2 rings (SSSR count). The molecular weight excluding hydrogens is 350 g/mol. The van der Waals surface area contributed by atoms with Crippen molar-refractivity contribution >= 4 is 27.7 Å². The van der Waals surface area contributed by atoms with Crippen molar-refractivity contribution in [3.63, 3.8) is 0 Å². The minimum atomic E-state index is -0.378. The smallest absolute Gasteiger partial charge is 0.286 e. The van der Waals surface area contributed by atoms with Gasteiger partial charge < -0.3 is 9.30 Å². The highest BCUT2D eigenvalue weighted by Crippen LogP contribution is 2.13. The first kappa shape index (κ1) is 16.1. The van der Waals surface area contributed by atoms with E-state index in [9.17, 15) is 9.59 Å². The Hall–Kier alpha value is -2.28. The van der Waals surface area contributed by atoms with E-state index in [1.165, 1.54) is 0 Å². The number of hydrogen-bond acceptors (Lipinski definition) is 3. The van der Waals surface area contributed by atoms with Crippen molar-refractivity contribution in [3.05, 3.63) is 52.3 Å². The van der Waals surface area contributed by atoms with Gasteiger partial charge in [-0.3, -0.25) is 20.4 Å². The fraction of sp³-hybridized carbons (Fsp3) is 0.200. The van der Waals surface area contributed by atoms with Crippen molar-refractivity contribution in [1.82, 2.24) is 15.4 Å². The van der Waals surface area contributed by atoms with E-state index in [1.807, 2.05) is 0 Å². The van der Waals surface area contributed by atoms with Crippen LogP contribution < -0.4 is 15.6 Å². The SMILES string of the molecule is COc1ccc(CC(=O)NNC(=O)c2cc(Br)cn2C)cc1. The van der Waals surface area contributed by atoms with Crippen LogP contribution in [0.15, 0.2) is 41.0 Å². The molecule has 2 aromatic rings. The Bertz CT molecular complexity index is 680. The quantitative estimate of drug-likeness (QED) is 0.811. The molecule has 0 aliphatic carbocycles. The van der Waals surface area contributed by atoms with Gasteiger partial charge in [0, 0.05) is 17.7 Å². The number of nitrogens with zero attached hydrogens (tertiary/aromatic N) is 1. The Labute approximate surface area is 136 Å². The highest BCUT2D eigenvalue weighted by atomic mass is 79.9. The molecule has 1 aromatic heterocycles. The molecule has 6 nitrogen and oxygen atoms in total. The standard InChI is InChI=1S/C15H16BrN3O3/c1-19-9-11(16)8-13(19)15(21)18-17-14(20)7-10-3-5-12(22-2)6-4-10/h3-6,8-9H,7H2,1-2H3,(H,17,20)(H,18,21). The van der Waals surface area contributed by atoms with Gasteiger partial charge >= 0.3 is 0 Å². The lowest BCUT2D eigenvalue weighted by atomic mass is 10.1. The number of halogens is 1. The molecule has 0 fully saturated rings. The van der Waals surface area contributed by atoms with E-state index >= 15 is 0 Å². The summed E-state index contributed by atoms with van der Waals surface area (Å²) in [6, 6.07) is 8.83. The lowest BCUT2D eigenvalue weighted by Crippen LogP contribution is -2.42. The zero-order chi connectivity index (χ0) is 16.1. The summed E-state index contributed by atoms with van der Waals surface area (Å²) in [5.41, 5.74) is 6.06. The van der Waals surface area contributed by atoms with Crippen LogP contribution in [0.25, 0.3) is 0 Å². The number of methoxy groups -OCH3 is 1. The molecule has 0 saturated heterocycles. The van der Waals surface area contributed by atoms with E-state index in [0.717, 1.165) is 15.8 Å². The first-order valence-electron chi connectivity index (χ1n) is 6.53. The van der Waals surface area contributed by atoms with Gasteiger partial charge in [0.2, 0.25) is 5.91 Å². The molecule has 2 amide bonds.